The van der Waals surface area contributed by atoms with E-state index >= 15 is 0 Å². The van der Waals surface area contributed by atoms with Crippen LogP contribution in [0.3, 0.4) is 0 Å². The standard InChI is InChI=1S/C14H16ClN3O2S/c1-3-20-14(19)11-12(16)18(17-13(11)21-2)8-9-4-6-10(15)7-5-9/h4-7H,3,8,16H2,1-2H3. The second-order valence-corrected chi connectivity index (χ2v) is 5.51. The maximum absolute atomic E-state index is 12.0. The molecule has 1 aromatic heterocycles. The molecule has 0 spiro atoms. The highest BCUT2D eigenvalue weighted by molar-refractivity contribution is 7.98. The third-order valence-electron chi connectivity index (χ3n) is 2.88. The molecule has 2 aromatic rings. The van der Waals surface area contributed by atoms with Crippen LogP contribution in [0.1, 0.15) is 22.8 Å². The molecule has 0 unspecified atom stereocenters. The summed E-state index contributed by atoms with van der Waals surface area (Å²) in [5, 5.41) is 5.61. The quantitative estimate of drug-likeness (QED) is 0.675. The van der Waals surface area contributed by atoms with E-state index < -0.39 is 5.97 Å². The Labute approximate surface area is 132 Å². The van der Waals surface area contributed by atoms with Crippen LogP contribution < -0.4 is 5.73 Å². The minimum absolute atomic E-state index is 0.300. The number of rotatable bonds is 5. The number of nitrogens with zero attached hydrogens (tertiary/aromatic N) is 2. The van der Waals surface area contributed by atoms with Gasteiger partial charge in [0.2, 0.25) is 0 Å². The molecule has 1 heterocycles. The average molecular weight is 326 g/mol. The van der Waals surface area contributed by atoms with Crippen molar-refractivity contribution in [2.24, 2.45) is 0 Å². The Kier molecular flexibility index (Phi) is 5.14. The third kappa shape index (κ3) is 3.51. The predicted octanol–water partition coefficient (Wildman–Crippen LogP) is 3.07. The highest BCUT2D eigenvalue weighted by Gasteiger charge is 2.22. The molecule has 0 aliphatic carbocycles. The number of ether oxygens (including phenoxy) is 1. The average Bonchev–Trinajstić information content (AvgIpc) is 2.78. The van der Waals surface area contributed by atoms with Crippen LogP contribution in [0, 0.1) is 0 Å². The van der Waals surface area contributed by atoms with Gasteiger partial charge in [0.1, 0.15) is 16.4 Å². The van der Waals surface area contributed by atoms with E-state index in [9.17, 15) is 4.79 Å². The molecule has 5 nitrogen and oxygen atoms in total. The lowest BCUT2D eigenvalue weighted by Crippen LogP contribution is -2.10. The van der Waals surface area contributed by atoms with Crippen LogP contribution in [0.4, 0.5) is 5.82 Å². The number of nitrogen functional groups attached to an aromatic ring is 1. The van der Waals surface area contributed by atoms with Gasteiger partial charge in [-0.2, -0.15) is 5.10 Å². The highest BCUT2D eigenvalue weighted by atomic mass is 35.5. The zero-order valence-electron chi connectivity index (χ0n) is 11.8. The predicted molar refractivity (Wildman–Crippen MR) is 84.9 cm³/mol. The molecule has 1 aromatic carbocycles. The van der Waals surface area contributed by atoms with E-state index in [1.807, 2.05) is 18.4 Å². The first-order valence-electron chi connectivity index (χ1n) is 6.38. The fourth-order valence-electron chi connectivity index (χ4n) is 1.87. The summed E-state index contributed by atoms with van der Waals surface area (Å²) in [7, 11) is 0. The van der Waals surface area contributed by atoms with Crippen LogP contribution in [0.5, 0.6) is 0 Å². The fraction of sp³-hybridized carbons (Fsp3) is 0.286. The van der Waals surface area contributed by atoms with Gasteiger partial charge < -0.3 is 10.5 Å². The first kappa shape index (κ1) is 15.7. The van der Waals surface area contributed by atoms with E-state index in [4.69, 9.17) is 22.1 Å². The number of halogens is 1. The molecule has 0 bridgehead atoms. The van der Waals surface area contributed by atoms with Crippen LogP contribution in [0.25, 0.3) is 0 Å². The molecule has 0 aliphatic rings. The van der Waals surface area contributed by atoms with Gasteiger partial charge in [-0.1, -0.05) is 23.7 Å². The molecule has 0 radical (unpaired) electrons. The van der Waals surface area contributed by atoms with Crippen LogP contribution in [-0.2, 0) is 11.3 Å². The van der Waals surface area contributed by atoms with Crippen molar-refractivity contribution in [1.82, 2.24) is 9.78 Å². The second-order valence-electron chi connectivity index (χ2n) is 4.27. The van der Waals surface area contributed by atoms with E-state index in [-0.39, 0.29) is 0 Å². The van der Waals surface area contributed by atoms with Crippen LogP contribution in [0.2, 0.25) is 5.02 Å². The number of thioether (sulfide) groups is 1. The number of hydrogen-bond donors (Lipinski definition) is 1. The number of esters is 1. The van der Waals surface area contributed by atoms with E-state index in [1.54, 1.807) is 23.7 Å². The summed E-state index contributed by atoms with van der Waals surface area (Å²) >= 11 is 7.23. The Morgan fingerprint density at radius 1 is 1.43 bits per heavy atom. The van der Waals surface area contributed by atoms with Crippen LogP contribution >= 0.6 is 23.4 Å². The lowest BCUT2D eigenvalue weighted by Gasteiger charge is -2.05. The Balaban J connectivity index is 2.32. The van der Waals surface area contributed by atoms with Crippen LogP contribution in [0.15, 0.2) is 29.3 Å². The van der Waals surface area contributed by atoms with Crippen molar-refractivity contribution in [2.75, 3.05) is 18.6 Å². The van der Waals surface area contributed by atoms with Gasteiger partial charge in [0, 0.05) is 5.02 Å². The fourth-order valence-corrected chi connectivity index (χ4v) is 2.57. The molecule has 0 fully saturated rings. The van der Waals surface area contributed by atoms with Crippen molar-refractivity contribution < 1.29 is 9.53 Å². The molecule has 112 valence electrons. The summed E-state index contributed by atoms with van der Waals surface area (Å²) in [5.41, 5.74) is 7.38. The zero-order valence-corrected chi connectivity index (χ0v) is 13.4. The van der Waals surface area contributed by atoms with Crippen molar-refractivity contribution in [3.8, 4) is 0 Å². The zero-order chi connectivity index (χ0) is 15.4. The van der Waals surface area contributed by atoms with Crippen molar-refractivity contribution in [2.45, 2.75) is 18.5 Å². The molecule has 7 heteroatoms. The minimum atomic E-state index is -0.443. The van der Waals surface area contributed by atoms with Gasteiger partial charge in [-0.15, -0.1) is 11.8 Å². The van der Waals surface area contributed by atoms with Crippen molar-refractivity contribution >= 4 is 35.1 Å². The van der Waals surface area contributed by atoms with Crippen molar-refractivity contribution in [3.63, 3.8) is 0 Å². The number of hydrogen-bond acceptors (Lipinski definition) is 5. The lowest BCUT2D eigenvalue weighted by molar-refractivity contribution is 0.0523. The molecular weight excluding hydrogens is 310 g/mol. The summed E-state index contributed by atoms with van der Waals surface area (Å²) < 4.78 is 6.63. The first-order valence-corrected chi connectivity index (χ1v) is 7.99. The number of carbonyl (C=O) groups is 1. The lowest BCUT2D eigenvalue weighted by atomic mass is 10.2. The van der Waals surface area contributed by atoms with Crippen molar-refractivity contribution in [1.29, 1.82) is 0 Å². The van der Waals surface area contributed by atoms with Gasteiger partial charge in [0.15, 0.2) is 0 Å². The number of anilines is 1. The Morgan fingerprint density at radius 3 is 2.67 bits per heavy atom. The first-order chi connectivity index (χ1) is 10.1. The molecule has 0 atom stereocenters. The van der Waals surface area contributed by atoms with Gasteiger partial charge in [-0.3, -0.25) is 0 Å². The molecule has 0 saturated heterocycles. The van der Waals surface area contributed by atoms with Gasteiger partial charge >= 0.3 is 5.97 Å². The van der Waals surface area contributed by atoms with E-state index in [1.165, 1.54) is 11.8 Å². The molecular formula is C14H16ClN3O2S. The number of nitrogens with two attached hydrogens (primary N) is 1. The normalized spacial score (nSPS) is 10.6. The van der Waals surface area contributed by atoms with Gasteiger partial charge in [-0.25, -0.2) is 9.48 Å². The van der Waals surface area contributed by atoms with E-state index in [0.29, 0.717) is 34.6 Å². The summed E-state index contributed by atoms with van der Waals surface area (Å²) in [4.78, 5) is 12.0. The number of carbonyl (C=O) groups excluding carboxylic acids is 1. The van der Waals surface area contributed by atoms with Gasteiger partial charge in [-0.05, 0) is 30.9 Å². The molecule has 2 rings (SSSR count). The van der Waals surface area contributed by atoms with Crippen molar-refractivity contribution in [3.05, 3.63) is 40.4 Å². The summed E-state index contributed by atoms with van der Waals surface area (Å²) in [6, 6.07) is 7.40. The van der Waals surface area contributed by atoms with Gasteiger partial charge in [0.05, 0.1) is 13.2 Å². The smallest absolute Gasteiger partial charge is 0.344 e. The Hall–Kier alpha value is -1.66. The molecule has 21 heavy (non-hydrogen) atoms. The van der Waals surface area contributed by atoms with E-state index in [2.05, 4.69) is 5.10 Å². The van der Waals surface area contributed by atoms with Gasteiger partial charge in [0.25, 0.3) is 0 Å². The number of aromatic nitrogens is 2. The molecule has 0 aliphatic heterocycles. The van der Waals surface area contributed by atoms with Crippen LogP contribution in [-0.4, -0.2) is 28.6 Å². The topological polar surface area (TPSA) is 70.1 Å². The highest BCUT2D eigenvalue weighted by Crippen LogP contribution is 2.26. The van der Waals surface area contributed by atoms with E-state index in [0.717, 1.165) is 5.56 Å². The maximum atomic E-state index is 12.0. The maximum Gasteiger partial charge on any atom is 0.344 e. The summed E-state index contributed by atoms with van der Waals surface area (Å²) in [5.74, 6) is -0.130. The molecule has 2 N–H and O–H groups in total. The monoisotopic (exact) mass is 325 g/mol. The largest absolute Gasteiger partial charge is 0.462 e. The second kappa shape index (κ2) is 6.87. The Bertz CT molecular complexity index is 640. The Morgan fingerprint density at radius 2 is 2.10 bits per heavy atom. The number of benzene rings is 1. The molecule has 0 saturated carbocycles. The SMILES string of the molecule is CCOC(=O)c1c(SC)nn(Cc2ccc(Cl)cc2)c1N. The summed E-state index contributed by atoms with van der Waals surface area (Å²) in [6.45, 7) is 2.52. The minimum Gasteiger partial charge on any atom is -0.462 e. The third-order valence-corrected chi connectivity index (χ3v) is 3.80. The summed E-state index contributed by atoms with van der Waals surface area (Å²) in [6.07, 6.45) is 1.84. The molecule has 0 amide bonds.